The Morgan fingerprint density at radius 2 is 1.92 bits per heavy atom. The van der Waals surface area contributed by atoms with E-state index in [-0.39, 0.29) is 29.1 Å². The monoisotopic (exact) mass is 697 g/mol. The van der Waals surface area contributed by atoms with E-state index in [2.05, 4.69) is 19.9 Å². The Kier molecular flexibility index (Phi) is 9.65. The number of ether oxygens (including phenoxy) is 1. The van der Waals surface area contributed by atoms with E-state index in [0.29, 0.717) is 31.9 Å². The van der Waals surface area contributed by atoms with Crippen LogP contribution in [0.25, 0.3) is 0 Å². The summed E-state index contributed by atoms with van der Waals surface area (Å²) in [6.07, 6.45) is 2.58. The van der Waals surface area contributed by atoms with Crippen molar-refractivity contribution in [3.63, 3.8) is 0 Å². The maximum absolute atomic E-state index is 15.8. The molecule has 2 saturated heterocycles. The summed E-state index contributed by atoms with van der Waals surface area (Å²) < 4.78 is 51.7. The molecule has 15 heteroatoms. The minimum absolute atomic E-state index is 0.0403. The zero-order valence-corrected chi connectivity index (χ0v) is 27.4. The number of likely N-dealkylation sites (tertiary alicyclic amines) is 2. The van der Waals surface area contributed by atoms with Gasteiger partial charge < -0.3 is 20.5 Å². The van der Waals surface area contributed by atoms with Gasteiger partial charge in [-0.2, -0.15) is 0 Å². The molecule has 2 fully saturated rings. The van der Waals surface area contributed by atoms with Crippen LogP contribution < -0.4 is 16.0 Å². The van der Waals surface area contributed by atoms with Gasteiger partial charge in [-0.15, -0.1) is 0 Å². The molecule has 1 amide bonds. The van der Waals surface area contributed by atoms with Crippen LogP contribution in [-0.2, 0) is 17.9 Å². The molecule has 2 aliphatic rings. The second-order valence-electron chi connectivity index (χ2n) is 12.6. The predicted octanol–water partition coefficient (Wildman–Crippen LogP) is 4.41. The van der Waals surface area contributed by atoms with E-state index in [9.17, 15) is 19.1 Å². The van der Waals surface area contributed by atoms with Crippen LogP contribution in [0.3, 0.4) is 0 Å². The summed E-state index contributed by atoms with van der Waals surface area (Å²) in [7, 11) is 0. The molecule has 0 aliphatic carbocycles. The zero-order valence-electron chi connectivity index (χ0n) is 26.6. The molecule has 4 aromatic rings. The summed E-state index contributed by atoms with van der Waals surface area (Å²) in [5.74, 6) is -5.51. The van der Waals surface area contributed by atoms with Crippen LogP contribution >= 0.6 is 11.6 Å². The van der Waals surface area contributed by atoms with Crippen LogP contribution in [0.5, 0.6) is 11.6 Å². The molecule has 2 aliphatic heterocycles. The van der Waals surface area contributed by atoms with Crippen molar-refractivity contribution in [2.75, 3.05) is 31.9 Å². The van der Waals surface area contributed by atoms with Crippen molar-refractivity contribution in [1.82, 2.24) is 29.3 Å². The van der Waals surface area contributed by atoms with Crippen LogP contribution in [0.1, 0.15) is 35.8 Å². The van der Waals surface area contributed by atoms with E-state index in [4.69, 9.17) is 22.1 Å². The number of hydrogen-bond donors (Lipinski definition) is 2. The summed E-state index contributed by atoms with van der Waals surface area (Å²) >= 11 is 5.69. The van der Waals surface area contributed by atoms with Gasteiger partial charge in [-0.25, -0.2) is 28.1 Å². The summed E-state index contributed by atoms with van der Waals surface area (Å²) in [6.45, 7) is 1.48. The second kappa shape index (κ2) is 13.8. The van der Waals surface area contributed by atoms with Crippen molar-refractivity contribution in [3.8, 4) is 11.6 Å². The topological polar surface area (TPSA) is 140 Å². The first-order valence-electron chi connectivity index (χ1n) is 15.8. The first-order valence-corrected chi connectivity index (χ1v) is 16.1. The van der Waals surface area contributed by atoms with Gasteiger partial charge in [0.15, 0.2) is 5.69 Å². The minimum atomic E-state index is -3.78. The highest BCUT2D eigenvalue weighted by Gasteiger charge is 2.57. The number of nitrogens with zero attached hydrogens (tertiary/aromatic N) is 6. The van der Waals surface area contributed by atoms with Gasteiger partial charge in [0, 0.05) is 50.2 Å². The number of carbonyl (C=O) groups excluding carboxylic acids is 1. The number of rotatable bonds is 8. The number of benzene rings is 2. The molecular formula is C34H35ClF3N7O4. The van der Waals surface area contributed by atoms with Crippen molar-refractivity contribution in [2.45, 2.75) is 50.3 Å². The quantitative estimate of drug-likeness (QED) is 0.274. The predicted molar refractivity (Wildman–Crippen MR) is 175 cm³/mol. The molecule has 258 valence electrons. The van der Waals surface area contributed by atoms with Crippen molar-refractivity contribution in [3.05, 3.63) is 105 Å². The van der Waals surface area contributed by atoms with Crippen LogP contribution in [-0.4, -0.2) is 78.0 Å². The van der Waals surface area contributed by atoms with E-state index in [0.717, 1.165) is 33.1 Å². The van der Waals surface area contributed by atoms with E-state index >= 15 is 8.78 Å². The van der Waals surface area contributed by atoms with Gasteiger partial charge >= 0.3 is 0 Å². The first-order chi connectivity index (χ1) is 23.3. The Hall–Kier alpha value is -4.53. The lowest BCUT2D eigenvalue weighted by molar-refractivity contribution is -0.223. The Labute approximate surface area is 285 Å². The lowest BCUT2D eigenvalue weighted by Crippen LogP contribution is -2.64. The molecule has 11 nitrogen and oxygen atoms in total. The second-order valence-corrected chi connectivity index (χ2v) is 13.0. The molecule has 0 saturated carbocycles. The number of nitrogens with two attached hydrogens (primary N) is 1. The van der Waals surface area contributed by atoms with E-state index in [1.807, 2.05) is 43.3 Å². The lowest BCUT2D eigenvalue weighted by atomic mass is 9.78. The zero-order chi connectivity index (χ0) is 34.9. The van der Waals surface area contributed by atoms with Crippen LogP contribution in [0.4, 0.5) is 18.9 Å². The van der Waals surface area contributed by atoms with Crippen molar-refractivity contribution < 1.29 is 27.8 Å². The molecule has 0 bridgehead atoms. The smallest absolute Gasteiger partial charge is 0.295 e. The van der Waals surface area contributed by atoms with Gasteiger partial charge in [-0.1, -0.05) is 41.9 Å². The average molecular weight is 698 g/mol. The Bertz CT molecular complexity index is 1900. The molecule has 0 spiro atoms. The Morgan fingerprint density at radius 1 is 1.14 bits per heavy atom. The summed E-state index contributed by atoms with van der Waals surface area (Å²) in [6, 6.07) is 14.9. The third-order valence-electron chi connectivity index (χ3n) is 9.21. The number of nitrogen functional groups attached to an aromatic ring is 1. The molecule has 3 N–H and O–H groups in total. The molecule has 2 aromatic carbocycles. The lowest BCUT2D eigenvalue weighted by Gasteiger charge is -2.46. The van der Waals surface area contributed by atoms with Crippen molar-refractivity contribution >= 4 is 23.2 Å². The molecule has 0 radical (unpaired) electrons. The van der Waals surface area contributed by atoms with E-state index in [1.54, 1.807) is 6.20 Å². The van der Waals surface area contributed by atoms with Crippen LogP contribution in [0.15, 0.2) is 71.9 Å². The van der Waals surface area contributed by atoms with Crippen molar-refractivity contribution in [2.24, 2.45) is 5.92 Å². The number of amides is 1. The van der Waals surface area contributed by atoms with Gasteiger partial charge in [-0.05, 0) is 43.7 Å². The molecule has 2 aromatic heterocycles. The molecule has 0 unspecified atom stereocenters. The van der Waals surface area contributed by atoms with E-state index in [1.165, 1.54) is 12.1 Å². The fourth-order valence-corrected chi connectivity index (χ4v) is 6.64. The summed E-state index contributed by atoms with van der Waals surface area (Å²) in [4.78, 5) is 42.9. The molecule has 6 rings (SSSR count). The third-order valence-corrected chi connectivity index (χ3v) is 9.52. The first kappa shape index (κ1) is 34.3. The standard InChI is InChI=1S/C34H35ClF3N7O4/c1-21-40-12-9-23(42-21)16-43-13-10-25(26(17-43)22-5-3-2-4-6-22)31(46)44-14-11-33(48,34(37,38)19-44)18-45-20-41-30(29(39)32(45)47)49-24-7-8-27(35)28(36)15-24/h2-9,12,15,20,25-26,48H,10-11,13-14,16-19,39H2,1H3/t25-,26+,33+/m1/s1. The van der Waals surface area contributed by atoms with Gasteiger partial charge in [-0.3, -0.25) is 19.1 Å². The van der Waals surface area contributed by atoms with Gasteiger partial charge in [0.1, 0.15) is 29.3 Å². The highest BCUT2D eigenvalue weighted by molar-refractivity contribution is 6.30. The number of carbonyl (C=O) groups is 1. The number of aryl methyl sites for hydroxylation is 1. The number of aliphatic hydroxyl groups is 1. The Morgan fingerprint density at radius 3 is 2.63 bits per heavy atom. The Balaban J connectivity index is 1.16. The molecular weight excluding hydrogens is 663 g/mol. The third kappa shape index (κ3) is 7.26. The average Bonchev–Trinajstić information content (AvgIpc) is 3.07. The highest BCUT2D eigenvalue weighted by Crippen LogP contribution is 2.41. The van der Waals surface area contributed by atoms with Crippen LogP contribution in [0.2, 0.25) is 5.02 Å². The van der Waals surface area contributed by atoms with Crippen molar-refractivity contribution in [1.29, 1.82) is 0 Å². The molecule has 3 atom stereocenters. The number of aromatic nitrogens is 4. The number of alkyl halides is 2. The van der Waals surface area contributed by atoms with Gasteiger partial charge in [0.25, 0.3) is 11.5 Å². The maximum atomic E-state index is 15.8. The molecule has 4 heterocycles. The fourth-order valence-electron chi connectivity index (χ4n) is 6.52. The summed E-state index contributed by atoms with van der Waals surface area (Å²) in [5.41, 5.74) is 3.56. The van der Waals surface area contributed by atoms with E-state index < -0.39 is 59.9 Å². The maximum Gasteiger partial charge on any atom is 0.295 e. The normalized spacial score (nSPS) is 22.5. The SMILES string of the molecule is Cc1nccc(CN2CC[C@@H](C(=O)N3CC[C@](O)(Cn4cnc(Oc5ccc(Cl)c(F)c5)c(N)c4=O)C(F)(F)C3)[C@H](c3ccccc3)C2)n1. The number of anilines is 1. The summed E-state index contributed by atoms with van der Waals surface area (Å²) in [5, 5.41) is 11.1. The molecule has 49 heavy (non-hydrogen) atoms. The minimum Gasteiger partial charge on any atom is -0.437 e. The number of hydrogen-bond acceptors (Lipinski definition) is 9. The van der Waals surface area contributed by atoms with Gasteiger partial charge in [0.2, 0.25) is 11.8 Å². The van der Waals surface area contributed by atoms with Crippen LogP contribution in [0, 0.1) is 18.7 Å². The highest BCUT2D eigenvalue weighted by atomic mass is 35.5. The fraction of sp³-hybridized carbons (Fsp3) is 0.382. The largest absolute Gasteiger partial charge is 0.437 e. The number of halogens is 4. The number of piperidine rings is 2. The van der Waals surface area contributed by atoms with Gasteiger partial charge in [0.05, 0.1) is 23.8 Å².